The lowest BCUT2D eigenvalue weighted by Gasteiger charge is -2.39. The molecule has 0 radical (unpaired) electrons. The van der Waals surface area contributed by atoms with Crippen molar-refractivity contribution in [1.29, 1.82) is 0 Å². The van der Waals surface area contributed by atoms with Crippen molar-refractivity contribution in [3.63, 3.8) is 0 Å². The third-order valence-electron chi connectivity index (χ3n) is 13.3. The Balaban J connectivity index is 0.952. The fraction of sp³-hybridized carbons (Fsp3) is 0.590. The molecule has 10 heteroatoms. The molecule has 254 valence electrons. The van der Waals surface area contributed by atoms with Crippen molar-refractivity contribution in [2.45, 2.75) is 96.5 Å². The minimum Gasteiger partial charge on any atom is -0.480 e. The zero-order chi connectivity index (χ0) is 33.3. The molecule has 6 fully saturated rings. The summed E-state index contributed by atoms with van der Waals surface area (Å²) >= 11 is 4.61. The number of ether oxygens (including phenoxy) is 1. The smallest absolute Gasteiger partial charge is 0.188 e. The summed E-state index contributed by atoms with van der Waals surface area (Å²) < 4.78 is 8.65. The Morgan fingerprint density at radius 2 is 1.06 bits per heavy atom. The van der Waals surface area contributed by atoms with Gasteiger partial charge in [-0.05, 0) is 75.3 Å². The standard InChI is InChI=1S/C39H40N2O5S3/c1-39(2)25-15-27(40-29-31(42)21-11-17-7-3-4-8-18(17)12-22(21)32(29)43)48-36(25)38-35(46-39)37-26(47-38)16-28(49-37)41-30-33(44)23-13-19-9-5-6-10-20(19)14-24(23)34(30)45/h15-24H,3-14H2,1-2H3. The van der Waals surface area contributed by atoms with Crippen LogP contribution < -0.4 is 4.74 Å². The zero-order valence-corrected chi connectivity index (χ0v) is 30.4. The molecule has 8 unspecified atom stereocenters. The summed E-state index contributed by atoms with van der Waals surface area (Å²) in [6.07, 6.45) is 13.0. The average Bonchev–Trinajstić information content (AvgIpc) is 3.88. The molecule has 0 spiro atoms. The van der Waals surface area contributed by atoms with Crippen LogP contribution in [-0.4, -0.2) is 34.6 Å². The van der Waals surface area contributed by atoms with Crippen molar-refractivity contribution in [3.8, 4) is 15.5 Å². The third-order valence-corrected chi connectivity index (χ3v) is 16.8. The van der Waals surface area contributed by atoms with Gasteiger partial charge in [-0.15, -0.1) is 34.0 Å². The number of nitrogens with zero attached hydrogens (tertiary/aromatic N) is 2. The summed E-state index contributed by atoms with van der Waals surface area (Å²) in [7, 11) is 0. The van der Waals surface area contributed by atoms with Crippen molar-refractivity contribution in [3.05, 3.63) is 17.7 Å². The Kier molecular flexibility index (Phi) is 7.01. The van der Waals surface area contributed by atoms with E-state index in [4.69, 9.17) is 14.7 Å². The van der Waals surface area contributed by atoms with Crippen LogP contribution in [0.15, 0.2) is 22.1 Å². The van der Waals surface area contributed by atoms with E-state index in [0.29, 0.717) is 33.7 Å². The Hall–Kier alpha value is -2.82. The summed E-state index contributed by atoms with van der Waals surface area (Å²) in [6.45, 7) is 4.07. The normalized spacial score (nSPS) is 34.6. The topological polar surface area (TPSA) is 102 Å². The lowest BCUT2D eigenvalue weighted by Crippen LogP contribution is -2.35. The number of fused-ring (bicyclic) bond motifs is 9. The summed E-state index contributed by atoms with van der Waals surface area (Å²) in [6, 6.07) is 3.98. The van der Waals surface area contributed by atoms with Gasteiger partial charge in [0, 0.05) is 29.2 Å². The van der Waals surface area contributed by atoms with Crippen molar-refractivity contribution in [2.75, 3.05) is 0 Å². The van der Waals surface area contributed by atoms with Crippen molar-refractivity contribution >= 4 is 88.0 Å². The van der Waals surface area contributed by atoms with Crippen molar-refractivity contribution < 1.29 is 23.9 Å². The highest BCUT2D eigenvalue weighted by atomic mass is 32.1. The lowest BCUT2D eigenvalue weighted by atomic mass is 9.64. The Morgan fingerprint density at radius 3 is 1.53 bits per heavy atom. The van der Waals surface area contributed by atoms with E-state index in [-0.39, 0.29) is 58.2 Å². The molecular formula is C39H40N2O5S3. The van der Waals surface area contributed by atoms with Gasteiger partial charge in [-0.2, -0.15) is 0 Å². The second-order valence-corrected chi connectivity index (χ2v) is 19.4. The quantitative estimate of drug-likeness (QED) is 0.264. The fourth-order valence-corrected chi connectivity index (χ4v) is 14.5. The maximum Gasteiger partial charge on any atom is 0.188 e. The van der Waals surface area contributed by atoms with Gasteiger partial charge in [-0.1, -0.05) is 51.4 Å². The first-order valence-corrected chi connectivity index (χ1v) is 20.8. The largest absolute Gasteiger partial charge is 0.480 e. The molecule has 0 saturated heterocycles. The van der Waals surface area contributed by atoms with Crippen molar-refractivity contribution in [1.82, 2.24) is 0 Å². The second-order valence-electron chi connectivity index (χ2n) is 16.3. The van der Waals surface area contributed by atoms with Crippen LogP contribution in [0.5, 0.6) is 5.75 Å². The highest BCUT2D eigenvalue weighted by Crippen LogP contribution is 2.59. The molecular weight excluding hydrogens is 673 g/mol. The van der Waals surface area contributed by atoms with Crippen LogP contribution in [0.3, 0.4) is 0 Å². The molecule has 0 N–H and O–H groups in total. The molecule has 49 heavy (non-hydrogen) atoms. The van der Waals surface area contributed by atoms with Gasteiger partial charge in [0.1, 0.15) is 15.6 Å². The number of carbonyl (C=O) groups is 4. The van der Waals surface area contributed by atoms with E-state index >= 15 is 0 Å². The molecule has 3 aromatic heterocycles. The Morgan fingerprint density at radius 1 is 0.612 bits per heavy atom. The maximum absolute atomic E-state index is 13.6. The Bertz CT molecular complexity index is 1980. The molecule has 6 aliphatic carbocycles. The van der Waals surface area contributed by atoms with Gasteiger partial charge in [-0.25, -0.2) is 9.98 Å². The maximum atomic E-state index is 13.6. The summed E-state index contributed by atoms with van der Waals surface area (Å²) in [5.74, 6) is 2.10. The molecule has 3 aromatic rings. The number of thiophene rings is 3. The van der Waals surface area contributed by atoms with E-state index in [0.717, 1.165) is 56.2 Å². The van der Waals surface area contributed by atoms with E-state index in [1.807, 2.05) is 26.0 Å². The van der Waals surface area contributed by atoms with Gasteiger partial charge < -0.3 is 4.74 Å². The molecule has 8 atom stereocenters. The van der Waals surface area contributed by atoms with Crippen molar-refractivity contribution in [2.24, 2.45) is 57.3 Å². The second kappa shape index (κ2) is 11.1. The SMILES string of the molecule is CC1(C)Oc2c(sc3cc(N=C4C(=O)C5CC6CCCCC6CC5C4=O)sc23)-c2sc(N=C3C(=O)C4CC5CCCCC5CC4C3=O)cc21. The van der Waals surface area contributed by atoms with Crippen LogP contribution in [-0.2, 0) is 24.8 Å². The van der Waals surface area contributed by atoms with Gasteiger partial charge in [0.25, 0.3) is 0 Å². The van der Waals surface area contributed by atoms with Gasteiger partial charge in [0.2, 0.25) is 0 Å². The molecule has 7 aliphatic rings. The molecule has 0 aromatic carbocycles. The van der Waals surface area contributed by atoms with E-state index < -0.39 is 5.60 Å². The molecule has 4 heterocycles. The van der Waals surface area contributed by atoms with Gasteiger partial charge >= 0.3 is 0 Å². The van der Waals surface area contributed by atoms with Gasteiger partial charge in [0.05, 0.1) is 19.2 Å². The van der Waals surface area contributed by atoms with E-state index in [1.54, 1.807) is 11.3 Å². The third kappa shape index (κ3) is 4.68. The minimum absolute atomic E-state index is 0.0515. The van der Waals surface area contributed by atoms with Crippen LogP contribution >= 0.6 is 34.0 Å². The molecule has 1 aliphatic heterocycles. The number of hydrogen-bond donors (Lipinski definition) is 0. The number of ketones is 4. The number of carbonyl (C=O) groups excluding carboxylic acids is 4. The first kappa shape index (κ1) is 31.0. The van der Waals surface area contributed by atoms with Crippen LogP contribution in [0.2, 0.25) is 0 Å². The molecule has 6 saturated carbocycles. The zero-order valence-electron chi connectivity index (χ0n) is 27.9. The monoisotopic (exact) mass is 712 g/mol. The average molecular weight is 713 g/mol. The predicted octanol–water partition coefficient (Wildman–Crippen LogP) is 9.43. The highest BCUT2D eigenvalue weighted by molar-refractivity contribution is 7.33. The fourth-order valence-electron chi connectivity index (χ4n) is 10.8. The molecule has 0 bridgehead atoms. The van der Waals surface area contributed by atoms with Gasteiger partial charge in [0.15, 0.2) is 40.3 Å². The molecule has 7 nitrogen and oxygen atoms in total. The number of Topliss-reactive ketones (excluding diaryl/α,β-unsaturated/α-hetero) is 4. The molecule has 0 amide bonds. The Labute approximate surface area is 297 Å². The summed E-state index contributed by atoms with van der Waals surface area (Å²) in [4.78, 5) is 65.8. The van der Waals surface area contributed by atoms with Crippen LogP contribution in [0.1, 0.15) is 96.5 Å². The van der Waals surface area contributed by atoms with E-state index in [9.17, 15) is 19.2 Å². The summed E-state index contributed by atoms with van der Waals surface area (Å²) in [5.41, 5.74) is 0.650. The van der Waals surface area contributed by atoms with Crippen LogP contribution in [0.4, 0.5) is 10.0 Å². The lowest BCUT2D eigenvalue weighted by molar-refractivity contribution is -0.123. The first-order valence-electron chi connectivity index (χ1n) is 18.4. The van der Waals surface area contributed by atoms with Gasteiger partial charge in [-0.3, -0.25) is 19.2 Å². The molecule has 10 rings (SSSR count). The van der Waals surface area contributed by atoms with Crippen LogP contribution in [0.25, 0.3) is 19.2 Å². The number of rotatable bonds is 2. The number of hydrogen-bond acceptors (Lipinski definition) is 10. The van der Waals surface area contributed by atoms with Crippen LogP contribution in [0, 0.1) is 47.3 Å². The van der Waals surface area contributed by atoms with E-state index in [1.165, 1.54) is 74.0 Å². The number of aliphatic imine (C=N–C) groups is 2. The predicted molar refractivity (Wildman–Crippen MR) is 194 cm³/mol. The summed E-state index contributed by atoms with van der Waals surface area (Å²) in [5, 5.41) is 1.34. The first-order chi connectivity index (χ1) is 23.6. The van der Waals surface area contributed by atoms with E-state index in [2.05, 4.69) is 0 Å². The highest BCUT2D eigenvalue weighted by Gasteiger charge is 2.53. The minimum atomic E-state index is -0.654.